The summed E-state index contributed by atoms with van der Waals surface area (Å²) >= 11 is 0. The van der Waals surface area contributed by atoms with Crippen LogP contribution in [-0.2, 0) is 4.79 Å². The predicted molar refractivity (Wildman–Crippen MR) is 57.9 cm³/mol. The summed E-state index contributed by atoms with van der Waals surface area (Å²) < 4.78 is 0. The molecule has 1 atom stereocenters. The summed E-state index contributed by atoms with van der Waals surface area (Å²) in [5.41, 5.74) is 5.41. The third-order valence-corrected chi connectivity index (χ3v) is 2.95. The molecule has 1 aliphatic carbocycles. The van der Waals surface area contributed by atoms with E-state index in [1.54, 1.807) is 0 Å². The molecule has 1 saturated carbocycles. The Bertz CT molecular complexity index is 178. The van der Waals surface area contributed by atoms with Gasteiger partial charge in [-0.1, -0.05) is 6.42 Å². The van der Waals surface area contributed by atoms with Gasteiger partial charge in [-0.25, -0.2) is 0 Å². The molecule has 14 heavy (non-hydrogen) atoms. The largest absolute Gasteiger partial charge is 0.354 e. The van der Waals surface area contributed by atoms with E-state index in [4.69, 9.17) is 5.73 Å². The van der Waals surface area contributed by atoms with Crippen molar-refractivity contribution in [3.8, 4) is 0 Å². The fourth-order valence-electron chi connectivity index (χ4n) is 1.79. The molecule has 3 heteroatoms. The molecular weight excluding hydrogens is 176 g/mol. The molecular formula is C11H22N2O. The summed E-state index contributed by atoms with van der Waals surface area (Å²) in [7, 11) is 0. The lowest BCUT2D eigenvalue weighted by molar-refractivity contribution is -0.123. The van der Waals surface area contributed by atoms with Crippen molar-refractivity contribution in [1.82, 2.24) is 5.32 Å². The van der Waals surface area contributed by atoms with Gasteiger partial charge in [-0.3, -0.25) is 4.79 Å². The van der Waals surface area contributed by atoms with Crippen LogP contribution in [0.15, 0.2) is 0 Å². The molecule has 0 aromatic carbocycles. The molecule has 0 spiro atoms. The van der Waals surface area contributed by atoms with Crippen LogP contribution in [0, 0.1) is 5.92 Å². The van der Waals surface area contributed by atoms with E-state index in [-0.39, 0.29) is 11.9 Å². The van der Waals surface area contributed by atoms with Crippen LogP contribution in [0.3, 0.4) is 0 Å². The van der Waals surface area contributed by atoms with Gasteiger partial charge in [-0.15, -0.1) is 0 Å². The minimum Gasteiger partial charge on any atom is -0.354 e. The first-order valence-corrected chi connectivity index (χ1v) is 5.71. The molecule has 1 unspecified atom stereocenters. The fourth-order valence-corrected chi connectivity index (χ4v) is 1.79. The first kappa shape index (κ1) is 11.5. The van der Waals surface area contributed by atoms with E-state index >= 15 is 0 Å². The van der Waals surface area contributed by atoms with Crippen LogP contribution in [0.4, 0.5) is 0 Å². The molecule has 0 heterocycles. The fraction of sp³-hybridized carbons (Fsp3) is 0.909. The number of hydrogen-bond donors (Lipinski definition) is 2. The van der Waals surface area contributed by atoms with Crippen molar-refractivity contribution < 1.29 is 4.79 Å². The minimum absolute atomic E-state index is 0.222. The average Bonchev–Trinajstić information content (AvgIpc) is 2.08. The van der Waals surface area contributed by atoms with Gasteiger partial charge >= 0.3 is 0 Å². The topological polar surface area (TPSA) is 55.1 Å². The van der Waals surface area contributed by atoms with Gasteiger partial charge in [0.1, 0.15) is 0 Å². The lowest BCUT2D eigenvalue weighted by Crippen LogP contribution is -2.34. The van der Waals surface area contributed by atoms with E-state index < -0.39 is 0 Å². The lowest BCUT2D eigenvalue weighted by atomic mass is 9.83. The first-order chi connectivity index (χ1) is 6.72. The van der Waals surface area contributed by atoms with Crippen LogP contribution in [0.25, 0.3) is 0 Å². The maximum absolute atomic E-state index is 11.5. The highest BCUT2D eigenvalue weighted by Crippen LogP contribution is 2.29. The Kier molecular flexibility index (Phi) is 4.94. The molecule has 0 bridgehead atoms. The predicted octanol–water partition coefficient (Wildman–Crippen LogP) is 1.42. The Labute approximate surface area is 86.4 Å². The number of nitrogens with one attached hydrogen (secondary N) is 1. The Morgan fingerprint density at radius 3 is 2.79 bits per heavy atom. The Hall–Kier alpha value is -0.570. The van der Waals surface area contributed by atoms with Gasteiger partial charge in [-0.2, -0.15) is 0 Å². The van der Waals surface area contributed by atoms with Crippen molar-refractivity contribution >= 4 is 5.91 Å². The summed E-state index contributed by atoms with van der Waals surface area (Å²) in [6, 6.07) is 0.283. The van der Waals surface area contributed by atoms with Crippen molar-refractivity contribution in [2.24, 2.45) is 11.7 Å². The zero-order valence-electron chi connectivity index (χ0n) is 9.09. The quantitative estimate of drug-likeness (QED) is 0.678. The van der Waals surface area contributed by atoms with Crippen LogP contribution < -0.4 is 11.1 Å². The highest BCUT2D eigenvalue weighted by Gasteiger charge is 2.20. The summed E-state index contributed by atoms with van der Waals surface area (Å²) in [5, 5.41) is 3.02. The van der Waals surface area contributed by atoms with Gasteiger partial charge < -0.3 is 11.1 Å². The Morgan fingerprint density at radius 2 is 2.29 bits per heavy atom. The van der Waals surface area contributed by atoms with Crippen molar-refractivity contribution in [1.29, 1.82) is 0 Å². The number of amides is 1. The summed E-state index contributed by atoms with van der Waals surface area (Å²) in [6.45, 7) is 2.76. The monoisotopic (exact) mass is 198 g/mol. The molecule has 82 valence electrons. The van der Waals surface area contributed by atoms with Gasteiger partial charge in [0.05, 0.1) is 0 Å². The molecule has 1 amide bonds. The second-order valence-electron chi connectivity index (χ2n) is 4.40. The number of carbonyl (C=O) groups is 1. The number of carbonyl (C=O) groups excluding carboxylic acids is 1. The molecule has 1 aliphatic rings. The smallest absolute Gasteiger partial charge is 0.220 e. The lowest BCUT2D eigenvalue weighted by Gasteiger charge is -2.25. The van der Waals surface area contributed by atoms with Crippen molar-refractivity contribution in [2.75, 3.05) is 6.54 Å². The number of hydrogen-bond acceptors (Lipinski definition) is 2. The molecule has 0 saturated heterocycles. The molecule has 0 radical (unpaired) electrons. The third-order valence-electron chi connectivity index (χ3n) is 2.95. The third kappa shape index (κ3) is 4.09. The van der Waals surface area contributed by atoms with Gasteiger partial charge in [0, 0.05) is 12.5 Å². The molecule has 1 rings (SSSR count). The van der Waals surface area contributed by atoms with Gasteiger partial charge in [0.25, 0.3) is 0 Å². The van der Waals surface area contributed by atoms with Gasteiger partial charge in [0.15, 0.2) is 0 Å². The number of rotatable bonds is 6. The highest BCUT2D eigenvalue weighted by atomic mass is 16.1. The van der Waals surface area contributed by atoms with Crippen LogP contribution >= 0.6 is 0 Å². The first-order valence-electron chi connectivity index (χ1n) is 5.71. The second-order valence-corrected chi connectivity index (χ2v) is 4.40. The summed E-state index contributed by atoms with van der Waals surface area (Å²) in [4.78, 5) is 11.5. The summed E-state index contributed by atoms with van der Waals surface area (Å²) in [6.07, 6.45) is 6.50. The van der Waals surface area contributed by atoms with Gasteiger partial charge in [0.2, 0.25) is 5.91 Å². The standard InChI is InChI=1S/C11H22N2O/c1-9(4-3-7-12)13-11(14)8-10-5-2-6-10/h9-10H,2-8,12H2,1H3,(H,13,14). The molecule has 0 aromatic heterocycles. The van der Waals surface area contributed by atoms with Crippen molar-refractivity contribution in [3.05, 3.63) is 0 Å². The second kappa shape index (κ2) is 6.02. The Morgan fingerprint density at radius 1 is 1.57 bits per heavy atom. The van der Waals surface area contributed by atoms with Crippen LogP contribution in [0.1, 0.15) is 45.4 Å². The van der Waals surface area contributed by atoms with E-state index in [0.29, 0.717) is 12.5 Å². The van der Waals surface area contributed by atoms with Crippen molar-refractivity contribution in [2.45, 2.75) is 51.5 Å². The average molecular weight is 198 g/mol. The zero-order chi connectivity index (χ0) is 10.4. The van der Waals surface area contributed by atoms with Crippen molar-refractivity contribution in [3.63, 3.8) is 0 Å². The maximum atomic E-state index is 11.5. The zero-order valence-corrected chi connectivity index (χ0v) is 9.09. The maximum Gasteiger partial charge on any atom is 0.220 e. The van der Waals surface area contributed by atoms with Gasteiger partial charge in [-0.05, 0) is 45.1 Å². The molecule has 1 fully saturated rings. The van der Waals surface area contributed by atoms with E-state index in [2.05, 4.69) is 5.32 Å². The molecule has 3 nitrogen and oxygen atoms in total. The van der Waals surface area contributed by atoms with E-state index in [1.807, 2.05) is 6.92 Å². The molecule has 3 N–H and O–H groups in total. The normalized spacial score (nSPS) is 18.7. The highest BCUT2D eigenvalue weighted by molar-refractivity contribution is 5.76. The Balaban J connectivity index is 2.05. The van der Waals surface area contributed by atoms with E-state index in [9.17, 15) is 4.79 Å². The SMILES string of the molecule is CC(CCCN)NC(=O)CC1CCC1. The molecule has 0 aromatic rings. The van der Waals surface area contributed by atoms with Crippen LogP contribution in [0.2, 0.25) is 0 Å². The van der Waals surface area contributed by atoms with Crippen LogP contribution in [-0.4, -0.2) is 18.5 Å². The van der Waals surface area contributed by atoms with E-state index in [0.717, 1.165) is 19.3 Å². The summed E-state index contributed by atoms with van der Waals surface area (Å²) in [5.74, 6) is 0.885. The molecule has 0 aliphatic heterocycles. The number of nitrogens with two attached hydrogens (primary N) is 1. The van der Waals surface area contributed by atoms with Crippen LogP contribution in [0.5, 0.6) is 0 Å². The minimum atomic E-state index is 0.222. The van der Waals surface area contributed by atoms with E-state index in [1.165, 1.54) is 19.3 Å².